The summed E-state index contributed by atoms with van der Waals surface area (Å²) in [6, 6.07) is 7.40. The number of carbonyl (C=O) groups excluding carboxylic acids is 2. The van der Waals surface area contributed by atoms with Crippen molar-refractivity contribution >= 4 is 29.1 Å². The minimum absolute atomic E-state index is 0.239. The summed E-state index contributed by atoms with van der Waals surface area (Å²) in [4.78, 5) is 24.8. The van der Waals surface area contributed by atoms with Crippen molar-refractivity contribution in [3.8, 4) is 0 Å². The number of nitrogens with two attached hydrogens (primary N) is 1. The molecule has 0 unspecified atom stereocenters. The first-order chi connectivity index (χ1) is 9.47. The maximum Gasteiger partial charge on any atom is 0.334 e. The zero-order valence-corrected chi connectivity index (χ0v) is 11.1. The molecule has 0 aliphatic rings. The van der Waals surface area contributed by atoms with Gasteiger partial charge in [-0.3, -0.25) is 10.1 Å². The Morgan fingerprint density at radius 3 is 2.65 bits per heavy atom. The Balaban J connectivity index is 2.24. The second kappa shape index (κ2) is 5.43. The Kier molecular flexibility index (Phi) is 3.69. The highest BCUT2D eigenvalue weighted by Crippen LogP contribution is 2.19. The van der Waals surface area contributed by atoms with Crippen LogP contribution >= 0.6 is 0 Å². The van der Waals surface area contributed by atoms with Crippen LogP contribution in [-0.4, -0.2) is 17.1 Å². The number of amides is 3. The van der Waals surface area contributed by atoms with Crippen molar-refractivity contribution in [1.29, 1.82) is 0 Å². The van der Waals surface area contributed by atoms with Crippen LogP contribution in [0.2, 0.25) is 0 Å². The number of benzene rings is 1. The van der Waals surface area contributed by atoms with Gasteiger partial charge in [0.2, 0.25) is 5.91 Å². The highest BCUT2D eigenvalue weighted by Gasteiger charge is 2.21. The second-order valence-electron chi connectivity index (χ2n) is 4.20. The number of nitrogens with zero attached hydrogens (tertiary/aromatic N) is 2. The minimum Gasteiger partial charge on any atom is -0.399 e. The Labute approximate surface area is 115 Å². The summed E-state index contributed by atoms with van der Waals surface area (Å²) in [6.45, 7) is 2.99. The summed E-state index contributed by atoms with van der Waals surface area (Å²) in [6.07, 6.45) is 0. The fraction of sp³-hybridized carbons (Fsp3) is 0.154. The van der Waals surface area contributed by atoms with E-state index in [9.17, 15) is 9.59 Å². The van der Waals surface area contributed by atoms with E-state index in [1.54, 1.807) is 31.2 Å². The number of imide groups is 1. The van der Waals surface area contributed by atoms with Crippen LogP contribution in [0.3, 0.4) is 0 Å². The number of anilines is 3. The van der Waals surface area contributed by atoms with Gasteiger partial charge in [-0.05, 0) is 25.1 Å². The number of nitrogen functional groups attached to an aromatic ring is 1. The molecule has 0 bridgehead atoms. The van der Waals surface area contributed by atoms with E-state index in [4.69, 9.17) is 10.3 Å². The van der Waals surface area contributed by atoms with E-state index >= 15 is 0 Å². The summed E-state index contributed by atoms with van der Waals surface area (Å²) < 4.78 is 4.84. The molecule has 0 aliphatic heterocycles. The third-order valence-electron chi connectivity index (χ3n) is 2.51. The zero-order chi connectivity index (χ0) is 14.7. The highest BCUT2D eigenvalue weighted by atomic mass is 16.5. The first-order valence-corrected chi connectivity index (χ1v) is 5.88. The molecule has 104 valence electrons. The third-order valence-corrected chi connectivity index (χ3v) is 2.51. The Morgan fingerprint density at radius 2 is 2.10 bits per heavy atom. The molecule has 3 N–H and O–H groups in total. The third kappa shape index (κ3) is 2.94. The van der Waals surface area contributed by atoms with Crippen LogP contribution in [0.25, 0.3) is 0 Å². The van der Waals surface area contributed by atoms with Crippen LogP contribution in [0, 0.1) is 6.92 Å². The molecule has 0 saturated heterocycles. The van der Waals surface area contributed by atoms with Gasteiger partial charge in [0.15, 0.2) is 5.82 Å². The van der Waals surface area contributed by atoms with Crippen molar-refractivity contribution in [2.75, 3.05) is 16.0 Å². The van der Waals surface area contributed by atoms with Crippen molar-refractivity contribution in [1.82, 2.24) is 5.16 Å². The lowest BCUT2D eigenvalue weighted by Crippen LogP contribution is -2.38. The van der Waals surface area contributed by atoms with Crippen molar-refractivity contribution in [3.05, 3.63) is 36.1 Å². The molecule has 1 aromatic carbocycles. The molecule has 20 heavy (non-hydrogen) atoms. The number of hydrogen-bond donors (Lipinski definition) is 2. The van der Waals surface area contributed by atoms with Gasteiger partial charge < -0.3 is 10.3 Å². The molecule has 0 atom stereocenters. The van der Waals surface area contributed by atoms with Gasteiger partial charge in [0.05, 0.1) is 5.69 Å². The molecule has 1 heterocycles. The van der Waals surface area contributed by atoms with Gasteiger partial charge >= 0.3 is 6.03 Å². The fourth-order valence-corrected chi connectivity index (χ4v) is 1.70. The lowest BCUT2D eigenvalue weighted by Gasteiger charge is -2.19. The topological polar surface area (TPSA) is 101 Å². The minimum atomic E-state index is -0.628. The van der Waals surface area contributed by atoms with E-state index in [0.717, 1.165) is 4.90 Å². The van der Waals surface area contributed by atoms with Gasteiger partial charge in [-0.15, -0.1) is 0 Å². The molecule has 0 fully saturated rings. The van der Waals surface area contributed by atoms with Crippen molar-refractivity contribution in [2.45, 2.75) is 13.8 Å². The number of hydrogen-bond acceptors (Lipinski definition) is 5. The van der Waals surface area contributed by atoms with Crippen LogP contribution in [0.1, 0.15) is 12.7 Å². The quantitative estimate of drug-likeness (QED) is 0.817. The average Bonchev–Trinajstić information content (AvgIpc) is 2.74. The monoisotopic (exact) mass is 274 g/mol. The summed E-state index contributed by atoms with van der Waals surface area (Å²) in [5, 5.41) is 6.12. The summed E-state index contributed by atoms with van der Waals surface area (Å²) in [5.74, 6) is 0.356. The fourth-order valence-electron chi connectivity index (χ4n) is 1.70. The number of rotatable bonds is 2. The maximum atomic E-state index is 12.1. The van der Waals surface area contributed by atoms with Gasteiger partial charge in [0.25, 0.3) is 0 Å². The molecule has 0 aliphatic carbocycles. The van der Waals surface area contributed by atoms with E-state index in [1.165, 1.54) is 13.0 Å². The van der Waals surface area contributed by atoms with Gasteiger partial charge in [-0.25, -0.2) is 9.69 Å². The molecule has 7 heteroatoms. The molecule has 2 rings (SSSR count). The first-order valence-electron chi connectivity index (χ1n) is 5.88. The standard InChI is InChI=1S/C13H14N4O3/c1-8-6-12(16-20-8)15-13(19)17(9(2)18)11-5-3-4-10(14)7-11/h3-7H,14H2,1-2H3,(H,15,16,19). The van der Waals surface area contributed by atoms with Gasteiger partial charge in [-0.2, -0.15) is 0 Å². The Bertz CT molecular complexity index is 651. The van der Waals surface area contributed by atoms with Crippen LogP contribution < -0.4 is 16.0 Å². The van der Waals surface area contributed by atoms with Gasteiger partial charge in [0.1, 0.15) is 5.76 Å². The number of aromatic nitrogens is 1. The zero-order valence-electron chi connectivity index (χ0n) is 11.1. The maximum absolute atomic E-state index is 12.1. The molecule has 2 aromatic rings. The highest BCUT2D eigenvalue weighted by molar-refractivity contribution is 6.17. The van der Waals surface area contributed by atoms with E-state index in [1.807, 2.05) is 0 Å². The molecular weight excluding hydrogens is 260 g/mol. The summed E-state index contributed by atoms with van der Waals surface area (Å²) in [7, 11) is 0. The largest absolute Gasteiger partial charge is 0.399 e. The van der Waals surface area contributed by atoms with Crippen molar-refractivity contribution in [3.63, 3.8) is 0 Å². The van der Waals surface area contributed by atoms with Crippen LogP contribution in [-0.2, 0) is 4.79 Å². The Morgan fingerprint density at radius 1 is 1.35 bits per heavy atom. The number of carbonyl (C=O) groups is 2. The lowest BCUT2D eigenvalue weighted by atomic mass is 10.2. The van der Waals surface area contributed by atoms with Crippen LogP contribution in [0.5, 0.6) is 0 Å². The molecular formula is C13H14N4O3. The van der Waals surface area contributed by atoms with Gasteiger partial charge in [0, 0.05) is 18.7 Å². The van der Waals surface area contributed by atoms with Crippen LogP contribution in [0.4, 0.5) is 22.0 Å². The SMILES string of the molecule is CC(=O)N(C(=O)Nc1cc(C)on1)c1cccc(N)c1. The van der Waals surface area contributed by atoms with E-state index < -0.39 is 11.9 Å². The predicted molar refractivity (Wildman–Crippen MR) is 74.3 cm³/mol. The average molecular weight is 274 g/mol. The van der Waals surface area contributed by atoms with E-state index in [0.29, 0.717) is 17.1 Å². The lowest BCUT2D eigenvalue weighted by molar-refractivity contribution is -0.115. The molecule has 1 aromatic heterocycles. The summed E-state index contributed by atoms with van der Waals surface area (Å²) >= 11 is 0. The van der Waals surface area contributed by atoms with Gasteiger partial charge in [-0.1, -0.05) is 11.2 Å². The molecule has 0 radical (unpaired) electrons. The number of aryl methyl sites for hydroxylation is 1. The first kappa shape index (κ1) is 13.6. The molecule has 3 amide bonds. The molecule has 0 saturated carbocycles. The van der Waals surface area contributed by atoms with E-state index in [-0.39, 0.29) is 5.82 Å². The molecule has 7 nitrogen and oxygen atoms in total. The number of urea groups is 1. The Hall–Kier alpha value is -2.83. The number of nitrogens with one attached hydrogen (secondary N) is 1. The predicted octanol–water partition coefficient (Wildman–Crippen LogP) is 2.15. The van der Waals surface area contributed by atoms with Crippen LogP contribution in [0.15, 0.2) is 34.9 Å². The summed E-state index contributed by atoms with van der Waals surface area (Å²) in [5.41, 5.74) is 6.50. The normalized spacial score (nSPS) is 10.1. The smallest absolute Gasteiger partial charge is 0.334 e. The van der Waals surface area contributed by atoms with E-state index in [2.05, 4.69) is 10.5 Å². The van der Waals surface area contributed by atoms with Crippen molar-refractivity contribution < 1.29 is 14.1 Å². The second-order valence-corrected chi connectivity index (χ2v) is 4.20. The molecule has 0 spiro atoms. The van der Waals surface area contributed by atoms with Crippen molar-refractivity contribution in [2.24, 2.45) is 0 Å².